The van der Waals surface area contributed by atoms with Gasteiger partial charge in [0.15, 0.2) is 0 Å². The molecule has 0 bridgehead atoms. The van der Waals surface area contributed by atoms with E-state index in [2.05, 4.69) is 10.1 Å². The second kappa shape index (κ2) is 6.00. The van der Waals surface area contributed by atoms with Crippen molar-refractivity contribution < 1.29 is 4.84 Å². The van der Waals surface area contributed by atoms with E-state index in [1.165, 1.54) is 32.4 Å². The van der Waals surface area contributed by atoms with Crippen LogP contribution in [0.4, 0.5) is 0 Å². The fourth-order valence-corrected chi connectivity index (χ4v) is 1.48. The highest BCUT2D eigenvalue weighted by molar-refractivity contribution is 5.52. The molecule has 0 aromatic carbocycles. The van der Waals surface area contributed by atoms with Gasteiger partial charge in [0.05, 0.1) is 0 Å². The van der Waals surface area contributed by atoms with Gasteiger partial charge in [0.1, 0.15) is 6.61 Å². The van der Waals surface area contributed by atoms with Gasteiger partial charge in [0, 0.05) is 12.8 Å². The molecule has 0 aromatic heterocycles. The molecule has 1 heterocycles. The summed E-state index contributed by atoms with van der Waals surface area (Å²) in [5.41, 5.74) is 0. The zero-order chi connectivity index (χ0) is 8.65. The van der Waals surface area contributed by atoms with Crippen LogP contribution >= 0.6 is 0 Å². The zero-order valence-corrected chi connectivity index (χ0v) is 7.83. The van der Waals surface area contributed by atoms with Gasteiger partial charge in [0.25, 0.3) is 0 Å². The number of likely N-dealkylation sites (tertiary alicyclic amines) is 1. The highest BCUT2D eigenvalue weighted by atomic mass is 16.6. The van der Waals surface area contributed by atoms with Gasteiger partial charge in [-0.25, -0.2) is 0 Å². The molecule has 0 saturated carbocycles. The number of rotatable bonds is 4. The Morgan fingerprint density at radius 3 is 2.75 bits per heavy atom. The molecule has 0 spiro atoms. The van der Waals surface area contributed by atoms with Crippen molar-refractivity contribution in [3.05, 3.63) is 0 Å². The van der Waals surface area contributed by atoms with Crippen LogP contribution in [0.15, 0.2) is 5.16 Å². The predicted molar refractivity (Wildman–Crippen MR) is 50.4 cm³/mol. The van der Waals surface area contributed by atoms with Crippen LogP contribution in [0.2, 0.25) is 0 Å². The molecular formula is C9H18N2O. The highest BCUT2D eigenvalue weighted by Gasteiger charge is 2.08. The maximum absolute atomic E-state index is 5.01. The Hall–Kier alpha value is -0.570. The van der Waals surface area contributed by atoms with Crippen molar-refractivity contribution in [2.75, 3.05) is 26.2 Å². The van der Waals surface area contributed by atoms with E-state index in [1.54, 1.807) is 6.21 Å². The summed E-state index contributed by atoms with van der Waals surface area (Å²) in [5.74, 6) is 0. The molecule has 0 radical (unpaired) electrons. The maximum Gasteiger partial charge on any atom is 0.129 e. The smallest absolute Gasteiger partial charge is 0.129 e. The van der Waals surface area contributed by atoms with Crippen molar-refractivity contribution in [2.45, 2.75) is 26.2 Å². The monoisotopic (exact) mass is 170 g/mol. The quantitative estimate of drug-likeness (QED) is 0.363. The Kier molecular flexibility index (Phi) is 4.76. The van der Waals surface area contributed by atoms with Crippen LogP contribution in [0.1, 0.15) is 26.2 Å². The minimum absolute atomic E-state index is 0.727. The van der Waals surface area contributed by atoms with E-state index < -0.39 is 0 Å². The average Bonchev–Trinajstić information content (AvgIpc) is 2.14. The van der Waals surface area contributed by atoms with E-state index in [9.17, 15) is 0 Å². The van der Waals surface area contributed by atoms with Crippen LogP contribution < -0.4 is 0 Å². The van der Waals surface area contributed by atoms with Crippen molar-refractivity contribution in [3.63, 3.8) is 0 Å². The minimum atomic E-state index is 0.727. The lowest BCUT2D eigenvalue weighted by molar-refractivity contribution is 0.103. The maximum atomic E-state index is 5.01. The molecule has 1 fully saturated rings. The third kappa shape index (κ3) is 3.72. The van der Waals surface area contributed by atoms with E-state index in [-0.39, 0.29) is 0 Å². The summed E-state index contributed by atoms with van der Waals surface area (Å²) in [6.45, 7) is 6.08. The molecule has 0 aliphatic carbocycles. The highest BCUT2D eigenvalue weighted by Crippen LogP contribution is 2.07. The molecule has 0 atom stereocenters. The Balaban J connectivity index is 1.97. The molecular weight excluding hydrogens is 152 g/mol. The molecule has 12 heavy (non-hydrogen) atoms. The molecule has 3 nitrogen and oxygen atoms in total. The Labute approximate surface area is 74.4 Å². The molecule has 70 valence electrons. The zero-order valence-electron chi connectivity index (χ0n) is 7.83. The number of piperidine rings is 1. The fraction of sp³-hybridized carbons (Fsp3) is 0.889. The number of hydrogen-bond acceptors (Lipinski definition) is 3. The van der Waals surface area contributed by atoms with Crippen molar-refractivity contribution in [2.24, 2.45) is 5.16 Å². The van der Waals surface area contributed by atoms with E-state index in [0.29, 0.717) is 0 Å². The van der Waals surface area contributed by atoms with Gasteiger partial charge in [-0.2, -0.15) is 0 Å². The van der Waals surface area contributed by atoms with Gasteiger partial charge in [-0.3, -0.25) is 4.90 Å². The van der Waals surface area contributed by atoms with E-state index in [1.807, 2.05) is 6.92 Å². The van der Waals surface area contributed by atoms with Crippen molar-refractivity contribution in [1.29, 1.82) is 0 Å². The molecule has 1 aliphatic rings. The molecule has 1 rings (SSSR count). The lowest BCUT2D eigenvalue weighted by Crippen LogP contribution is -2.32. The van der Waals surface area contributed by atoms with Crippen LogP contribution in [0.3, 0.4) is 0 Å². The first kappa shape index (κ1) is 9.52. The first-order chi connectivity index (χ1) is 5.93. The summed E-state index contributed by atoms with van der Waals surface area (Å²) in [4.78, 5) is 7.45. The van der Waals surface area contributed by atoms with Crippen molar-refractivity contribution in [3.8, 4) is 0 Å². The minimum Gasteiger partial charge on any atom is -0.395 e. The lowest BCUT2D eigenvalue weighted by atomic mass is 10.1. The second-order valence-electron chi connectivity index (χ2n) is 3.10. The third-order valence-electron chi connectivity index (χ3n) is 2.13. The molecule has 0 aromatic rings. The van der Waals surface area contributed by atoms with Gasteiger partial charge >= 0.3 is 0 Å². The Bertz CT molecular complexity index is 130. The summed E-state index contributed by atoms with van der Waals surface area (Å²) < 4.78 is 0. The molecule has 3 heteroatoms. The van der Waals surface area contributed by atoms with Crippen LogP contribution in [-0.4, -0.2) is 37.4 Å². The topological polar surface area (TPSA) is 24.8 Å². The SMILES string of the molecule is CC=NOCCN1CCCCC1. The van der Waals surface area contributed by atoms with Crippen LogP contribution in [-0.2, 0) is 4.84 Å². The summed E-state index contributed by atoms with van der Waals surface area (Å²) in [7, 11) is 0. The summed E-state index contributed by atoms with van der Waals surface area (Å²) in [5, 5.41) is 3.70. The third-order valence-corrected chi connectivity index (χ3v) is 2.13. The van der Waals surface area contributed by atoms with Crippen LogP contribution in [0.5, 0.6) is 0 Å². The average molecular weight is 170 g/mol. The van der Waals surface area contributed by atoms with Crippen molar-refractivity contribution in [1.82, 2.24) is 4.90 Å². The molecule has 1 saturated heterocycles. The standard InChI is InChI=1S/C9H18N2O/c1-2-10-12-9-8-11-6-4-3-5-7-11/h2H,3-9H2,1H3. The largest absolute Gasteiger partial charge is 0.395 e. The number of nitrogens with zero attached hydrogens (tertiary/aromatic N) is 2. The molecule has 0 amide bonds. The van der Waals surface area contributed by atoms with E-state index in [0.717, 1.165) is 13.2 Å². The summed E-state index contributed by atoms with van der Waals surface area (Å²) >= 11 is 0. The number of oxime groups is 1. The number of hydrogen-bond donors (Lipinski definition) is 0. The Morgan fingerprint density at radius 2 is 2.08 bits per heavy atom. The molecule has 1 aliphatic heterocycles. The van der Waals surface area contributed by atoms with Gasteiger partial charge in [-0.1, -0.05) is 11.6 Å². The van der Waals surface area contributed by atoms with E-state index in [4.69, 9.17) is 4.84 Å². The van der Waals surface area contributed by atoms with Gasteiger partial charge in [-0.15, -0.1) is 0 Å². The summed E-state index contributed by atoms with van der Waals surface area (Å²) in [6, 6.07) is 0. The molecule has 0 unspecified atom stereocenters. The molecule has 0 N–H and O–H groups in total. The first-order valence-corrected chi connectivity index (χ1v) is 4.76. The summed E-state index contributed by atoms with van der Waals surface area (Å²) in [6.07, 6.45) is 5.76. The fourth-order valence-electron chi connectivity index (χ4n) is 1.48. The predicted octanol–water partition coefficient (Wildman–Crippen LogP) is 1.49. The van der Waals surface area contributed by atoms with Crippen molar-refractivity contribution >= 4 is 6.21 Å². The van der Waals surface area contributed by atoms with Gasteiger partial charge in [0.2, 0.25) is 0 Å². The first-order valence-electron chi connectivity index (χ1n) is 4.76. The van der Waals surface area contributed by atoms with Gasteiger partial charge in [-0.05, 0) is 32.9 Å². The van der Waals surface area contributed by atoms with Crippen LogP contribution in [0.25, 0.3) is 0 Å². The van der Waals surface area contributed by atoms with Gasteiger partial charge < -0.3 is 4.84 Å². The lowest BCUT2D eigenvalue weighted by Gasteiger charge is -2.25. The Morgan fingerprint density at radius 1 is 1.33 bits per heavy atom. The second-order valence-corrected chi connectivity index (χ2v) is 3.10. The van der Waals surface area contributed by atoms with Crippen LogP contribution in [0, 0.1) is 0 Å². The van der Waals surface area contributed by atoms with E-state index >= 15 is 0 Å². The normalized spacial score (nSPS) is 20.1.